The van der Waals surface area contributed by atoms with Crippen LogP contribution in [-0.2, 0) is 23.0 Å². The number of ether oxygens (including phenoxy) is 1. The maximum atomic E-state index is 12.3. The lowest BCUT2D eigenvalue weighted by Crippen LogP contribution is -2.14. The Morgan fingerprint density at radius 3 is 2.70 bits per heavy atom. The number of esters is 1. The van der Waals surface area contributed by atoms with E-state index in [0.29, 0.717) is 32.3 Å². The molecule has 8 nitrogen and oxygen atoms in total. The molecule has 0 atom stereocenters. The van der Waals surface area contributed by atoms with Crippen LogP contribution in [0, 0.1) is 6.92 Å². The van der Waals surface area contributed by atoms with Gasteiger partial charge in [-0.05, 0) is 31.5 Å². The molecule has 3 aromatic rings. The Kier molecular flexibility index (Phi) is 7.46. The van der Waals surface area contributed by atoms with Gasteiger partial charge in [0.05, 0.1) is 18.1 Å². The number of halogens is 1. The zero-order valence-electron chi connectivity index (χ0n) is 16.6. The quantitative estimate of drug-likeness (QED) is 0.399. The molecule has 30 heavy (non-hydrogen) atoms. The van der Waals surface area contributed by atoms with Crippen molar-refractivity contribution in [2.45, 2.75) is 25.4 Å². The average molecular weight is 466 g/mol. The number of aromatic nitrogens is 4. The number of nitrogens with one attached hydrogen (secondary N) is 1. The molecule has 0 saturated carbocycles. The van der Waals surface area contributed by atoms with Gasteiger partial charge in [0.1, 0.15) is 10.7 Å². The average Bonchev–Trinajstić information content (AvgIpc) is 3.24. The number of hydrogen-bond acceptors (Lipinski definition) is 8. The minimum absolute atomic E-state index is 0.139. The van der Waals surface area contributed by atoms with Gasteiger partial charge < -0.3 is 14.6 Å². The maximum Gasteiger partial charge on any atom is 0.350 e. The number of benzene rings is 1. The highest BCUT2D eigenvalue weighted by Gasteiger charge is 2.18. The van der Waals surface area contributed by atoms with E-state index in [0.717, 1.165) is 22.7 Å². The van der Waals surface area contributed by atoms with Crippen LogP contribution in [0.1, 0.15) is 33.7 Å². The Labute approximate surface area is 187 Å². The summed E-state index contributed by atoms with van der Waals surface area (Å²) in [4.78, 5) is 28.8. The second-order valence-electron chi connectivity index (χ2n) is 6.25. The van der Waals surface area contributed by atoms with Gasteiger partial charge in [0.2, 0.25) is 5.91 Å². The second kappa shape index (κ2) is 10.1. The van der Waals surface area contributed by atoms with Gasteiger partial charge >= 0.3 is 5.97 Å². The summed E-state index contributed by atoms with van der Waals surface area (Å²) in [6.07, 6.45) is 0.614. The van der Waals surface area contributed by atoms with Crippen LogP contribution < -0.4 is 5.32 Å². The van der Waals surface area contributed by atoms with Gasteiger partial charge in [-0.2, -0.15) is 0 Å². The third-order valence-corrected chi connectivity index (χ3v) is 6.36. The predicted molar refractivity (Wildman–Crippen MR) is 117 cm³/mol. The molecule has 0 spiro atoms. The summed E-state index contributed by atoms with van der Waals surface area (Å²) in [5, 5.41) is 12.8. The lowest BCUT2D eigenvalue weighted by molar-refractivity contribution is -0.113. The summed E-state index contributed by atoms with van der Waals surface area (Å²) < 4.78 is 6.85. The summed E-state index contributed by atoms with van der Waals surface area (Å²) >= 11 is 8.29. The second-order valence-corrected chi connectivity index (χ2v) is 8.63. The Morgan fingerprint density at radius 1 is 1.27 bits per heavy atom. The lowest BCUT2D eigenvalue weighted by Gasteiger charge is -2.04. The van der Waals surface area contributed by atoms with Crippen LogP contribution in [0.4, 0.5) is 5.13 Å². The van der Waals surface area contributed by atoms with Crippen LogP contribution in [0.3, 0.4) is 0 Å². The first kappa shape index (κ1) is 22.3. The predicted octanol–water partition coefficient (Wildman–Crippen LogP) is 3.73. The van der Waals surface area contributed by atoms with Gasteiger partial charge in [0.25, 0.3) is 0 Å². The first-order valence-electron chi connectivity index (χ1n) is 9.07. The number of anilines is 1. The molecule has 0 radical (unpaired) electrons. The van der Waals surface area contributed by atoms with Gasteiger partial charge in [0.15, 0.2) is 10.3 Å². The SMILES string of the molecule is CCOC(=O)c1sc(NC(=O)CSc2nnc(Cc3ccc(Cl)cc3)n2C)nc1C. The summed E-state index contributed by atoms with van der Waals surface area (Å²) in [5.74, 6) is 0.247. The molecule has 1 amide bonds. The van der Waals surface area contributed by atoms with E-state index in [1.165, 1.54) is 11.8 Å². The van der Waals surface area contributed by atoms with Crippen LogP contribution in [0.15, 0.2) is 29.4 Å². The molecule has 0 aliphatic carbocycles. The molecule has 0 saturated heterocycles. The molecule has 158 valence electrons. The highest BCUT2D eigenvalue weighted by molar-refractivity contribution is 7.99. The molecule has 0 fully saturated rings. The van der Waals surface area contributed by atoms with Crippen LogP contribution in [0.5, 0.6) is 0 Å². The minimum atomic E-state index is -0.435. The number of rotatable bonds is 8. The minimum Gasteiger partial charge on any atom is -0.462 e. The summed E-state index contributed by atoms with van der Waals surface area (Å²) in [5.41, 5.74) is 1.60. The van der Waals surface area contributed by atoms with Crippen molar-refractivity contribution >= 4 is 51.7 Å². The molecule has 0 unspecified atom stereocenters. The van der Waals surface area contributed by atoms with E-state index in [-0.39, 0.29) is 18.3 Å². The molecule has 1 aromatic carbocycles. The summed E-state index contributed by atoms with van der Waals surface area (Å²) in [7, 11) is 1.86. The van der Waals surface area contributed by atoms with Crippen LogP contribution in [-0.4, -0.2) is 44.0 Å². The molecule has 3 rings (SSSR count). The molecular formula is C19H20ClN5O3S2. The van der Waals surface area contributed by atoms with E-state index >= 15 is 0 Å². The fourth-order valence-corrected chi connectivity index (χ4v) is 4.26. The molecule has 2 heterocycles. The van der Waals surface area contributed by atoms with E-state index in [9.17, 15) is 9.59 Å². The van der Waals surface area contributed by atoms with Crippen molar-refractivity contribution < 1.29 is 14.3 Å². The van der Waals surface area contributed by atoms with E-state index in [1.807, 2.05) is 35.9 Å². The smallest absolute Gasteiger partial charge is 0.350 e. The van der Waals surface area contributed by atoms with Crippen molar-refractivity contribution in [2.24, 2.45) is 7.05 Å². The Balaban J connectivity index is 1.56. The molecular weight excluding hydrogens is 446 g/mol. The van der Waals surface area contributed by atoms with Crippen molar-refractivity contribution in [1.82, 2.24) is 19.7 Å². The first-order chi connectivity index (χ1) is 14.4. The molecule has 11 heteroatoms. The van der Waals surface area contributed by atoms with Gasteiger partial charge in [-0.3, -0.25) is 4.79 Å². The van der Waals surface area contributed by atoms with Crippen molar-refractivity contribution in [3.63, 3.8) is 0 Å². The standard InChI is InChI=1S/C19H20ClN5O3S2/c1-4-28-17(27)16-11(2)21-18(30-16)22-15(26)10-29-19-24-23-14(25(19)3)9-12-5-7-13(20)8-6-12/h5-8H,4,9-10H2,1-3H3,(H,21,22,26). The van der Waals surface area contributed by atoms with Crippen LogP contribution in [0.25, 0.3) is 0 Å². The van der Waals surface area contributed by atoms with Gasteiger partial charge in [-0.15, -0.1) is 10.2 Å². The normalized spacial score (nSPS) is 10.8. The van der Waals surface area contributed by atoms with Gasteiger partial charge in [-0.25, -0.2) is 9.78 Å². The first-order valence-corrected chi connectivity index (χ1v) is 11.2. The fourth-order valence-electron chi connectivity index (χ4n) is 2.53. The number of thioether (sulfide) groups is 1. The highest BCUT2D eigenvalue weighted by atomic mass is 35.5. The van der Waals surface area contributed by atoms with Crippen molar-refractivity contribution in [3.8, 4) is 0 Å². The van der Waals surface area contributed by atoms with Crippen molar-refractivity contribution in [2.75, 3.05) is 17.7 Å². The molecule has 2 aromatic heterocycles. The Morgan fingerprint density at radius 2 is 2.00 bits per heavy atom. The van der Waals surface area contributed by atoms with E-state index in [1.54, 1.807) is 13.8 Å². The fraction of sp³-hybridized carbons (Fsp3) is 0.316. The number of carbonyl (C=O) groups is 2. The van der Waals surface area contributed by atoms with Crippen molar-refractivity contribution in [1.29, 1.82) is 0 Å². The van der Waals surface area contributed by atoms with E-state index in [2.05, 4.69) is 20.5 Å². The number of hydrogen-bond donors (Lipinski definition) is 1. The molecule has 0 aliphatic heterocycles. The molecule has 0 bridgehead atoms. The largest absolute Gasteiger partial charge is 0.462 e. The highest BCUT2D eigenvalue weighted by Crippen LogP contribution is 2.24. The zero-order valence-corrected chi connectivity index (χ0v) is 19.0. The summed E-state index contributed by atoms with van der Waals surface area (Å²) in [6, 6.07) is 7.55. The number of nitrogens with zero attached hydrogens (tertiary/aromatic N) is 4. The molecule has 1 N–H and O–H groups in total. The van der Waals surface area contributed by atoms with Crippen LogP contribution in [0.2, 0.25) is 5.02 Å². The third kappa shape index (κ3) is 5.59. The number of aryl methyl sites for hydroxylation is 1. The van der Waals surface area contributed by atoms with Crippen molar-refractivity contribution in [3.05, 3.63) is 51.2 Å². The van der Waals surface area contributed by atoms with Crippen LogP contribution >= 0.6 is 34.7 Å². The zero-order chi connectivity index (χ0) is 21.7. The lowest BCUT2D eigenvalue weighted by atomic mass is 10.1. The van der Waals surface area contributed by atoms with E-state index in [4.69, 9.17) is 16.3 Å². The van der Waals surface area contributed by atoms with Gasteiger partial charge in [0, 0.05) is 18.5 Å². The van der Waals surface area contributed by atoms with Gasteiger partial charge in [-0.1, -0.05) is 46.8 Å². The number of carbonyl (C=O) groups excluding carboxylic acids is 2. The Hall–Kier alpha value is -2.43. The van der Waals surface area contributed by atoms with E-state index < -0.39 is 5.97 Å². The summed E-state index contributed by atoms with van der Waals surface area (Å²) in [6.45, 7) is 3.72. The monoisotopic (exact) mass is 465 g/mol. The maximum absolute atomic E-state index is 12.3. The third-order valence-electron chi connectivity index (χ3n) is 4.04. The topological polar surface area (TPSA) is 99.0 Å². The number of thiazole rings is 1. The molecule has 0 aliphatic rings. The Bertz CT molecular complexity index is 1050. The number of amides is 1.